The largest absolute Gasteiger partial charge is 0.389 e. The number of aliphatic hydroxyl groups is 1. The van der Waals surface area contributed by atoms with Crippen molar-refractivity contribution in [3.8, 4) is 0 Å². The minimum Gasteiger partial charge on any atom is -0.389 e. The van der Waals surface area contributed by atoms with Crippen LogP contribution in [0.25, 0.3) is 11.0 Å². The molecule has 0 radical (unpaired) electrons. The van der Waals surface area contributed by atoms with Crippen LogP contribution in [0.3, 0.4) is 0 Å². The Balaban J connectivity index is 1.58. The van der Waals surface area contributed by atoms with Crippen molar-refractivity contribution >= 4 is 22.6 Å². The molecule has 0 amide bonds. The fraction of sp³-hybridized carbons (Fsp3) is 0.235. The smallest absolute Gasteiger partial charge is 0.262 e. The van der Waals surface area contributed by atoms with Gasteiger partial charge in [-0.1, -0.05) is 23.7 Å². The van der Waals surface area contributed by atoms with E-state index in [2.05, 4.69) is 9.97 Å². The average molecular weight is 346 g/mol. The normalized spacial score (nSPS) is 12.4. The maximum absolute atomic E-state index is 12.3. The molecule has 0 saturated heterocycles. The van der Waals surface area contributed by atoms with E-state index in [0.717, 1.165) is 5.56 Å². The van der Waals surface area contributed by atoms with Gasteiger partial charge in [0.15, 0.2) is 5.65 Å². The monoisotopic (exact) mass is 345 g/mol. The van der Waals surface area contributed by atoms with Crippen LogP contribution in [0.4, 0.5) is 0 Å². The van der Waals surface area contributed by atoms with Crippen LogP contribution in [0.1, 0.15) is 5.56 Å². The number of hydrogen-bond acceptors (Lipinski definition) is 5. The molecule has 3 rings (SSSR count). The van der Waals surface area contributed by atoms with Crippen molar-refractivity contribution in [2.45, 2.75) is 19.3 Å². The summed E-state index contributed by atoms with van der Waals surface area (Å²) in [5.74, 6) is 0. The average Bonchev–Trinajstić information content (AvgIpc) is 2.59. The summed E-state index contributed by atoms with van der Waals surface area (Å²) in [4.78, 5) is 20.5. The highest BCUT2D eigenvalue weighted by atomic mass is 35.5. The Hall–Kier alpha value is -2.28. The fourth-order valence-electron chi connectivity index (χ4n) is 2.30. The number of halogens is 1. The van der Waals surface area contributed by atoms with E-state index in [1.54, 1.807) is 30.5 Å². The Morgan fingerprint density at radius 2 is 2.00 bits per heavy atom. The first-order valence-electron chi connectivity index (χ1n) is 7.44. The highest BCUT2D eigenvalue weighted by Crippen LogP contribution is 2.10. The van der Waals surface area contributed by atoms with E-state index in [4.69, 9.17) is 16.3 Å². The molecule has 2 aromatic heterocycles. The third kappa shape index (κ3) is 3.97. The SMILES string of the molecule is O=c1c2cccnc2ncn1C[C@H](O)COCc1ccc(Cl)cc1. The highest BCUT2D eigenvalue weighted by molar-refractivity contribution is 6.30. The first-order chi connectivity index (χ1) is 11.6. The van der Waals surface area contributed by atoms with Gasteiger partial charge in [-0.05, 0) is 29.8 Å². The number of ether oxygens (including phenoxy) is 1. The molecule has 0 fully saturated rings. The van der Waals surface area contributed by atoms with Crippen molar-refractivity contribution in [3.63, 3.8) is 0 Å². The number of aliphatic hydroxyl groups excluding tert-OH is 1. The Labute approximate surface area is 143 Å². The molecule has 124 valence electrons. The molecule has 0 aliphatic heterocycles. The molecule has 24 heavy (non-hydrogen) atoms. The highest BCUT2D eigenvalue weighted by Gasteiger charge is 2.10. The van der Waals surface area contributed by atoms with Crippen molar-refractivity contribution in [3.05, 3.63) is 69.9 Å². The second-order valence-corrected chi connectivity index (χ2v) is 5.81. The van der Waals surface area contributed by atoms with Gasteiger partial charge in [0.1, 0.15) is 6.33 Å². The predicted octanol–water partition coefficient (Wildman–Crippen LogP) is 2.02. The molecule has 2 heterocycles. The number of benzene rings is 1. The lowest BCUT2D eigenvalue weighted by atomic mass is 10.2. The zero-order valence-corrected chi connectivity index (χ0v) is 13.6. The second kappa shape index (κ2) is 7.53. The van der Waals surface area contributed by atoms with Crippen LogP contribution in [0.5, 0.6) is 0 Å². The first-order valence-corrected chi connectivity index (χ1v) is 7.82. The summed E-state index contributed by atoms with van der Waals surface area (Å²) in [6.45, 7) is 0.584. The van der Waals surface area contributed by atoms with E-state index in [0.29, 0.717) is 22.7 Å². The summed E-state index contributed by atoms with van der Waals surface area (Å²) < 4.78 is 6.84. The quantitative estimate of drug-likeness (QED) is 0.739. The first kappa shape index (κ1) is 16.6. The third-order valence-electron chi connectivity index (χ3n) is 3.50. The molecule has 0 aliphatic carbocycles. The topological polar surface area (TPSA) is 77.2 Å². The lowest BCUT2D eigenvalue weighted by molar-refractivity contribution is 0.0198. The molecular formula is C17H16ClN3O3. The maximum Gasteiger partial charge on any atom is 0.262 e. The number of nitrogens with zero attached hydrogens (tertiary/aromatic N) is 3. The molecule has 3 aromatic rings. The number of rotatable bonds is 6. The number of pyridine rings is 1. The minimum atomic E-state index is -0.814. The molecule has 0 saturated carbocycles. The van der Waals surface area contributed by atoms with Crippen molar-refractivity contribution in [2.24, 2.45) is 0 Å². The zero-order chi connectivity index (χ0) is 16.9. The van der Waals surface area contributed by atoms with E-state index in [1.807, 2.05) is 12.1 Å². The summed E-state index contributed by atoms with van der Waals surface area (Å²) in [7, 11) is 0. The molecule has 6 nitrogen and oxygen atoms in total. The van der Waals surface area contributed by atoms with Crippen molar-refractivity contribution in [1.82, 2.24) is 14.5 Å². The van der Waals surface area contributed by atoms with Gasteiger partial charge in [0.2, 0.25) is 0 Å². The summed E-state index contributed by atoms with van der Waals surface area (Å²) in [6, 6.07) is 10.6. The van der Waals surface area contributed by atoms with Crippen molar-refractivity contribution in [1.29, 1.82) is 0 Å². The molecule has 1 N–H and O–H groups in total. The lowest BCUT2D eigenvalue weighted by Crippen LogP contribution is -2.29. The van der Waals surface area contributed by atoms with Crippen LogP contribution in [-0.4, -0.2) is 32.4 Å². The van der Waals surface area contributed by atoms with Gasteiger partial charge in [-0.25, -0.2) is 9.97 Å². The van der Waals surface area contributed by atoms with E-state index < -0.39 is 6.10 Å². The zero-order valence-electron chi connectivity index (χ0n) is 12.8. The summed E-state index contributed by atoms with van der Waals surface area (Å²) in [5.41, 5.74) is 1.12. The Kier molecular flexibility index (Phi) is 5.20. The standard InChI is InChI=1S/C17H16ClN3O3/c18-13-5-3-12(4-6-13)9-24-10-14(22)8-21-11-20-16-15(17(21)23)2-1-7-19-16/h1-7,11,14,22H,8-10H2/t14-/m0/s1. The van der Waals surface area contributed by atoms with E-state index in [1.165, 1.54) is 10.9 Å². The molecular weight excluding hydrogens is 330 g/mol. The van der Waals surface area contributed by atoms with Gasteiger partial charge in [-0.3, -0.25) is 9.36 Å². The van der Waals surface area contributed by atoms with Gasteiger partial charge in [-0.2, -0.15) is 0 Å². The number of fused-ring (bicyclic) bond motifs is 1. The summed E-state index contributed by atoms with van der Waals surface area (Å²) in [6.07, 6.45) is 2.16. The molecule has 7 heteroatoms. The van der Waals surface area contributed by atoms with Crippen LogP contribution in [0.15, 0.2) is 53.7 Å². The molecule has 1 atom stereocenters. The molecule has 0 bridgehead atoms. The molecule has 1 aromatic carbocycles. The molecule has 0 aliphatic rings. The van der Waals surface area contributed by atoms with Gasteiger partial charge < -0.3 is 9.84 Å². The van der Waals surface area contributed by atoms with Gasteiger partial charge in [0.25, 0.3) is 5.56 Å². The van der Waals surface area contributed by atoms with E-state index in [9.17, 15) is 9.90 Å². The van der Waals surface area contributed by atoms with Crippen LogP contribution >= 0.6 is 11.6 Å². The fourth-order valence-corrected chi connectivity index (χ4v) is 2.43. The van der Waals surface area contributed by atoms with Crippen LogP contribution < -0.4 is 5.56 Å². The van der Waals surface area contributed by atoms with Crippen molar-refractivity contribution in [2.75, 3.05) is 6.61 Å². The number of hydrogen-bond donors (Lipinski definition) is 1. The second-order valence-electron chi connectivity index (χ2n) is 5.37. The van der Waals surface area contributed by atoms with Crippen molar-refractivity contribution < 1.29 is 9.84 Å². The molecule has 0 spiro atoms. The predicted molar refractivity (Wildman–Crippen MR) is 90.9 cm³/mol. The number of aromatic nitrogens is 3. The van der Waals surface area contributed by atoms with E-state index >= 15 is 0 Å². The van der Waals surface area contributed by atoms with Gasteiger partial charge in [0.05, 0.1) is 31.2 Å². The van der Waals surface area contributed by atoms with Gasteiger partial charge in [0, 0.05) is 11.2 Å². The Morgan fingerprint density at radius 3 is 2.79 bits per heavy atom. The van der Waals surface area contributed by atoms with Crippen LogP contribution in [0.2, 0.25) is 5.02 Å². The minimum absolute atomic E-state index is 0.108. The molecule has 0 unspecified atom stereocenters. The van der Waals surface area contributed by atoms with Gasteiger partial charge >= 0.3 is 0 Å². The lowest BCUT2D eigenvalue weighted by Gasteiger charge is -2.13. The van der Waals surface area contributed by atoms with Gasteiger partial charge in [-0.15, -0.1) is 0 Å². The maximum atomic E-state index is 12.3. The van der Waals surface area contributed by atoms with Crippen LogP contribution in [0, 0.1) is 0 Å². The third-order valence-corrected chi connectivity index (χ3v) is 3.75. The summed E-state index contributed by atoms with van der Waals surface area (Å²) >= 11 is 5.82. The summed E-state index contributed by atoms with van der Waals surface area (Å²) in [5, 5.41) is 11.2. The van der Waals surface area contributed by atoms with Crippen LogP contribution in [-0.2, 0) is 17.9 Å². The van der Waals surface area contributed by atoms with E-state index in [-0.39, 0.29) is 18.7 Å². The Morgan fingerprint density at radius 1 is 1.21 bits per heavy atom. The Bertz CT molecular complexity index is 880.